The Kier molecular flexibility index (Phi) is 30.4. The summed E-state index contributed by atoms with van der Waals surface area (Å²) >= 11 is 0. The van der Waals surface area contributed by atoms with E-state index in [1.54, 1.807) is 0 Å². The number of carboxylic acid groups (broad SMARTS) is 1. The number of aliphatic hydroxyl groups excluding tert-OH is 1. The highest BCUT2D eigenvalue weighted by Gasteiger charge is 1.95. The Hall–Kier alpha value is -0.990. The molecule has 0 rings (SSSR count). The maximum atomic E-state index is 9.00. The van der Waals surface area contributed by atoms with Gasteiger partial charge in [-0.05, 0) is 12.8 Å². The topological polar surface area (TPSA) is 57.5 Å². The molecular weight excluding hydrogens is 360 g/mol. The van der Waals surface area contributed by atoms with Crippen molar-refractivity contribution < 1.29 is 15.0 Å². The van der Waals surface area contributed by atoms with Crippen molar-refractivity contribution in [3.63, 3.8) is 0 Å². The third-order valence-electron chi connectivity index (χ3n) is 5.33. The van der Waals surface area contributed by atoms with E-state index in [0.717, 1.165) is 13.3 Å². The maximum absolute atomic E-state index is 9.00. The molecule has 2 N–H and O–H groups in total. The van der Waals surface area contributed by atoms with Crippen molar-refractivity contribution in [3.05, 3.63) is 12.3 Å². The fourth-order valence-electron chi connectivity index (χ4n) is 3.59. The summed E-state index contributed by atoms with van der Waals surface area (Å²) in [4.78, 5) is 9.00. The molecule has 3 heteroatoms. The number of rotatable bonds is 21. The van der Waals surface area contributed by atoms with Gasteiger partial charge in [-0.1, -0.05) is 135 Å². The summed E-state index contributed by atoms with van der Waals surface area (Å²) < 4.78 is 0. The highest BCUT2D eigenvalue weighted by Crippen LogP contribution is 2.15. The van der Waals surface area contributed by atoms with Crippen LogP contribution in [0.2, 0.25) is 0 Å². The molecule has 0 amide bonds. The van der Waals surface area contributed by atoms with Crippen LogP contribution in [0, 0.1) is 0 Å². The third-order valence-corrected chi connectivity index (χ3v) is 5.33. The Morgan fingerprint density at radius 2 is 0.828 bits per heavy atom. The number of unbranched alkanes of at least 4 members (excludes halogenated alkanes) is 20. The van der Waals surface area contributed by atoms with E-state index in [0.29, 0.717) is 0 Å². The average Bonchev–Trinajstić information content (AvgIpc) is 2.69. The van der Waals surface area contributed by atoms with E-state index in [-0.39, 0.29) is 0 Å². The summed E-state index contributed by atoms with van der Waals surface area (Å²) in [6.07, 6.45) is 32.7. The smallest absolute Gasteiger partial charge is 0.300 e. The minimum absolute atomic E-state index is 0.833. The monoisotopic (exact) mass is 412 g/mol. The number of hydrogen-bond donors (Lipinski definition) is 2. The molecule has 0 aromatic heterocycles. The van der Waals surface area contributed by atoms with E-state index in [1.807, 2.05) is 6.08 Å². The summed E-state index contributed by atoms with van der Waals surface area (Å²) in [5.74, 6) is -0.833. The molecule has 0 fully saturated rings. The van der Waals surface area contributed by atoms with Gasteiger partial charge in [-0.25, -0.2) is 0 Å². The predicted molar refractivity (Wildman–Crippen MR) is 128 cm³/mol. The molecule has 0 unspecified atom stereocenters. The van der Waals surface area contributed by atoms with Crippen molar-refractivity contribution in [3.8, 4) is 0 Å². The van der Waals surface area contributed by atoms with Crippen molar-refractivity contribution in [2.75, 3.05) is 0 Å². The second kappa shape index (κ2) is 29.2. The lowest BCUT2D eigenvalue weighted by Gasteiger charge is -2.04. The van der Waals surface area contributed by atoms with Gasteiger partial charge in [0.05, 0.1) is 6.26 Å². The van der Waals surface area contributed by atoms with Crippen LogP contribution in [0.25, 0.3) is 0 Å². The number of allylic oxidation sites excluding steroid dienone is 1. The number of aliphatic hydroxyl groups is 1. The molecule has 0 aromatic carbocycles. The van der Waals surface area contributed by atoms with Crippen LogP contribution < -0.4 is 0 Å². The quantitative estimate of drug-likeness (QED) is 0.146. The average molecular weight is 413 g/mol. The van der Waals surface area contributed by atoms with E-state index < -0.39 is 5.97 Å². The zero-order valence-corrected chi connectivity index (χ0v) is 19.8. The molecule has 29 heavy (non-hydrogen) atoms. The van der Waals surface area contributed by atoms with Gasteiger partial charge in [-0.2, -0.15) is 0 Å². The summed E-state index contributed by atoms with van der Waals surface area (Å²) in [7, 11) is 0. The summed E-state index contributed by atoms with van der Waals surface area (Å²) in [6, 6.07) is 0. The fraction of sp³-hybridized carbons (Fsp3) is 0.885. The van der Waals surface area contributed by atoms with Crippen molar-refractivity contribution in [2.24, 2.45) is 0 Å². The Morgan fingerprint density at radius 1 is 0.586 bits per heavy atom. The second-order valence-electron chi connectivity index (χ2n) is 8.41. The van der Waals surface area contributed by atoms with Crippen LogP contribution >= 0.6 is 0 Å². The van der Waals surface area contributed by atoms with E-state index in [1.165, 1.54) is 135 Å². The van der Waals surface area contributed by atoms with Gasteiger partial charge in [0, 0.05) is 6.92 Å². The van der Waals surface area contributed by atoms with Gasteiger partial charge in [0.15, 0.2) is 0 Å². The Labute approximate surface area is 182 Å². The number of hydrogen-bond acceptors (Lipinski definition) is 2. The number of aliphatic carboxylic acids is 1. The molecule has 0 heterocycles. The SMILES string of the molecule is CC(=O)O.CCCCCCCCCCCCCCCCCCCCCCC=CO. The van der Waals surface area contributed by atoms with Crippen molar-refractivity contribution in [1.82, 2.24) is 0 Å². The van der Waals surface area contributed by atoms with Gasteiger partial charge < -0.3 is 10.2 Å². The first-order chi connectivity index (χ1) is 14.1. The molecule has 0 spiro atoms. The molecular formula is C26H52O3. The normalized spacial score (nSPS) is 10.8. The zero-order valence-electron chi connectivity index (χ0n) is 19.8. The van der Waals surface area contributed by atoms with Crippen molar-refractivity contribution in [1.29, 1.82) is 0 Å². The molecule has 174 valence electrons. The van der Waals surface area contributed by atoms with Gasteiger partial charge in [-0.15, -0.1) is 0 Å². The predicted octanol–water partition coefficient (Wildman–Crippen LogP) is 9.36. The molecule has 0 aliphatic carbocycles. The van der Waals surface area contributed by atoms with E-state index >= 15 is 0 Å². The highest BCUT2D eigenvalue weighted by atomic mass is 16.4. The van der Waals surface area contributed by atoms with Crippen LogP contribution in [0.5, 0.6) is 0 Å². The first-order valence-corrected chi connectivity index (χ1v) is 12.6. The largest absolute Gasteiger partial charge is 0.516 e. The molecule has 0 bridgehead atoms. The van der Waals surface area contributed by atoms with Crippen LogP contribution in [0.4, 0.5) is 0 Å². The molecule has 0 saturated carbocycles. The van der Waals surface area contributed by atoms with E-state index in [2.05, 4.69) is 6.92 Å². The van der Waals surface area contributed by atoms with Gasteiger partial charge in [0.25, 0.3) is 5.97 Å². The maximum Gasteiger partial charge on any atom is 0.300 e. The number of carbonyl (C=O) groups is 1. The minimum Gasteiger partial charge on any atom is -0.516 e. The minimum atomic E-state index is -0.833. The fourth-order valence-corrected chi connectivity index (χ4v) is 3.59. The molecule has 0 atom stereocenters. The molecule has 3 nitrogen and oxygen atoms in total. The van der Waals surface area contributed by atoms with Crippen LogP contribution in [0.1, 0.15) is 149 Å². The standard InChI is InChI=1S/C24H48O.C2H4O2/c1-2-3-4-5-6-7-8-9-10-11-12-13-14-15-16-17-18-19-20-21-22-23-24-25;1-2(3)4/h23-25H,2-22H2,1H3;1H3,(H,3,4). The summed E-state index contributed by atoms with van der Waals surface area (Å²) in [6.45, 7) is 3.38. The molecule has 0 aliphatic rings. The van der Waals surface area contributed by atoms with Crippen LogP contribution in [0.3, 0.4) is 0 Å². The Morgan fingerprint density at radius 3 is 1.07 bits per heavy atom. The lowest BCUT2D eigenvalue weighted by atomic mass is 10.0. The van der Waals surface area contributed by atoms with Gasteiger partial charge >= 0.3 is 0 Å². The van der Waals surface area contributed by atoms with Gasteiger partial charge in [0.2, 0.25) is 0 Å². The lowest BCUT2D eigenvalue weighted by molar-refractivity contribution is -0.134. The van der Waals surface area contributed by atoms with Gasteiger partial charge in [0.1, 0.15) is 0 Å². The first-order valence-electron chi connectivity index (χ1n) is 12.6. The van der Waals surface area contributed by atoms with E-state index in [4.69, 9.17) is 15.0 Å². The molecule has 0 saturated heterocycles. The zero-order chi connectivity index (χ0) is 21.8. The van der Waals surface area contributed by atoms with Gasteiger partial charge in [-0.3, -0.25) is 4.79 Å². The first kappa shape index (κ1) is 30.2. The molecule has 0 aromatic rings. The molecule has 0 radical (unpaired) electrons. The summed E-state index contributed by atoms with van der Waals surface area (Å²) in [5, 5.41) is 16.0. The highest BCUT2D eigenvalue weighted by molar-refractivity contribution is 5.62. The molecule has 0 aliphatic heterocycles. The van der Waals surface area contributed by atoms with E-state index in [9.17, 15) is 0 Å². The Balaban J connectivity index is 0. The van der Waals surface area contributed by atoms with Crippen molar-refractivity contribution >= 4 is 5.97 Å². The number of carboxylic acids is 1. The Bertz CT molecular complexity index is 322. The second-order valence-corrected chi connectivity index (χ2v) is 8.41. The van der Waals surface area contributed by atoms with Crippen LogP contribution in [-0.4, -0.2) is 16.2 Å². The van der Waals surface area contributed by atoms with Crippen molar-refractivity contribution in [2.45, 2.75) is 149 Å². The summed E-state index contributed by atoms with van der Waals surface area (Å²) in [5.41, 5.74) is 0. The third kappa shape index (κ3) is 38.3. The lowest BCUT2D eigenvalue weighted by Crippen LogP contribution is -1.84. The van der Waals surface area contributed by atoms with Crippen LogP contribution in [-0.2, 0) is 4.79 Å². The van der Waals surface area contributed by atoms with Crippen LogP contribution in [0.15, 0.2) is 12.3 Å².